The maximum absolute atomic E-state index is 12.2. The number of aromatic nitrogens is 1. The maximum atomic E-state index is 12.2. The molecule has 170 valence electrons. The summed E-state index contributed by atoms with van der Waals surface area (Å²) in [5.41, 5.74) is 10.0. The number of nitrogens with zero attached hydrogens (tertiary/aromatic N) is 1. The smallest absolute Gasteiger partial charge is 0.504 e. The van der Waals surface area contributed by atoms with Gasteiger partial charge < -0.3 is 25.1 Å². The summed E-state index contributed by atoms with van der Waals surface area (Å²) >= 11 is 0. The van der Waals surface area contributed by atoms with E-state index in [2.05, 4.69) is 23.2 Å². The lowest BCUT2D eigenvalue weighted by molar-refractivity contribution is 0.0911. The predicted molar refractivity (Wildman–Crippen MR) is 122 cm³/mol. The lowest BCUT2D eigenvalue weighted by Crippen LogP contribution is -2.22. The first-order valence-corrected chi connectivity index (χ1v) is 10.6. The zero-order valence-corrected chi connectivity index (χ0v) is 18.7. The summed E-state index contributed by atoms with van der Waals surface area (Å²) < 4.78 is 15.5. The molecule has 0 radical (unpaired) electrons. The fourth-order valence-electron chi connectivity index (χ4n) is 3.69. The van der Waals surface area contributed by atoms with Crippen LogP contribution in [0, 0.1) is 12.8 Å². The Hall–Kier alpha value is -3.32. The Morgan fingerprint density at radius 1 is 1.31 bits per heavy atom. The average molecular weight is 439 g/mol. The Morgan fingerprint density at radius 2 is 2.12 bits per heavy atom. The molecule has 32 heavy (non-hydrogen) atoms. The Balaban J connectivity index is 1.62. The molecule has 1 aromatic heterocycles. The Morgan fingerprint density at radius 3 is 2.88 bits per heavy atom. The molecule has 3 rings (SSSR count). The number of rotatable bonds is 6. The fourth-order valence-corrected chi connectivity index (χ4v) is 3.69. The van der Waals surface area contributed by atoms with Gasteiger partial charge in [-0.1, -0.05) is 35.9 Å². The average Bonchev–Trinajstić information content (AvgIpc) is 2.96. The molecule has 0 bridgehead atoms. The Labute approximate surface area is 188 Å². The first-order chi connectivity index (χ1) is 15.4. The summed E-state index contributed by atoms with van der Waals surface area (Å²) in [6, 6.07) is 8.31. The van der Waals surface area contributed by atoms with Crippen LogP contribution in [-0.2, 0) is 17.8 Å². The molecule has 7 heteroatoms. The highest BCUT2D eigenvalue weighted by Crippen LogP contribution is 2.27. The largest absolute Gasteiger partial charge is 0.515 e. The Bertz CT molecular complexity index is 1020. The number of allylic oxidation sites excluding steroid dienone is 2. The van der Waals surface area contributed by atoms with E-state index in [4.69, 9.17) is 19.9 Å². The number of phenols is 1. The Kier molecular flexibility index (Phi) is 7.89. The van der Waals surface area contributed by atoms with Gasteiger partial charge in [-0.25, -0.2) is 9.78 Å². The topological polar surface area (TPSA) is 104 Å². The van der Waals surface area contributed by atoms with E-state index in [-0.39, 0.29) is 30.2 Å². The van der Waals surface area contributed by atoms with Gasteiger partial charge in [0.05, 0.1) is 7.11 Å². The highest BCUT2D eigenvalue weighted by atomic mass is 16.7. The SMILES string of the molecule is C/C=C1\C[C@@H](Cc2nc(OC(=O)OCc3ccc(O)c(OC)c3)ccc2C)C=CCC1N. The summed E-state index contributed by atoms with van der Waals surface area (Å²) in [5, 5.41) is 9.65. The molecule has 7 nitrogen and oxygen atoms in total. The van der Waals surface area contributed by atoms with E-state index in [0.29, 0.717) is 11.3 Å². The molecule has 2 atom stereocenters. The minimum atomic E-state index is -0.851. The van der Waals surface area contributed by atoms with Crippen LogP contribution in [0.25, 0.3) is 0 Å². The highest BCUT2D eigenvalue weighted by Gasteiger charge is 2.19. The molecule has 1 aliphatic rings. The molecule has 0 fully saturated rings. The summed E-state index contributed by atoms with van der Waals surface area (Å²) in [4.78, 5) is 16.7. The molecular formula is C25H30N2O5. The third-order valence-electron chi connectivity index (χ3n) is 5.56. The van der Waals surface area contributed by atoms with Crippen LogP contribution in [0.5, 0.6) is 17.4 Å². The van der Waals surface area contributed by atoms with Crippen LogP contribution in [0.15, 0.2) is 54.1 Å². The van der Waals surface area contributed by atoms with Gasteiger partial charge in [-0.3, -0.25) is 0 Å². The zero-order chi connectivity index (χ0) is 23.1. The molecule has 3 N–H and O–H groups in total. The van der Waals surface area contributed by atoms with Crippen molar-refractivity contribution in [1.82, 2.24) is 4.98 Å². The van der Waals surface area contributed by atoms with Gasteiger partial charge in [0.1, 0.15) is 6.61 Å². The van der Waals surface area contributed by atoms with E-state index in [0.717, 1.165) is 30.5 Å². The summed E-state index contributed by atoms with van der Waals surface area (Å²) in [6.07, 6.45) is 8.04. The fraction of sp³-hybridized carbons (Fsp3) is 0.360. The van der Waals surface area contributed by atoms with Crippen molar-refractivity contribution in [3.63, 3.8) is 0 Å². The van der Waals surface area contributed by atoms with Gasteiger partial charge in [-0.2, -0.15) is 0 Å². The minimum absolute atomic E-state index is 0.0160. The van der Waals surface area contributed by atoms with E-state index >= 15 is 0 Å². The number of phenolic OH excluding ortho intramolecular Hbond substituents is 1. The first-order valence-electron chi connectivity index (χ1n) is 10.6. The van der Waals surface area contributed by atoms with Crippen molar-refractivity contribution >= 4 is 6.16 Å². The summed E-state index contributed by atoms with van der Waals surface area (Å²) in [7, 11) is 1.45. The summed E-state index contributed by atoms with van der Waals surface area (Å²) in [6.45, 7) is 3.99. The summed E-state index contributed by atoms with van der Waals surface area (Å²) in [5.74, 6) is 0.799. The van der Waals surface area contributed by atoms with Crippen molar-refractivity contribution in [2.24, 2.45) is 11.7 Å². The third kappa shape index (κ3) is 6.11. The second-order valence-corrected chi connectivity index (χ2v) is 7.86. The number of methoxy groups -OCH3 is 1. The molecule has 0 saturated heterocycles. The van der Waals surface area contributed by atoms with Crippen molar-refractivity contribution in [1.29, 1.82) is 0 Å². The second-order valence-electron chi connectivity index (χ2n) is 7.86. The number of hydrogen-bond donors (Lipinski definition) is 2. The van der Waals surface area contributed by atoms with Gasteiger partial charge in [0.25, 0.3) is 0 Å². The van der Waals surface area contributed by atoms with Gasteiger partial charge in [0, 0.05) is 17.8 Å². The molecule has 1 aromatic carbocycles. The third-order valence-corrected chi connectivity index (χ3v) is 5.56. The number of carbonyl (C=O) groups excluding carboxylic acids is 1. The van der Waals surface area contributed by atoms with E-state index in [1.54, 1.807) is 18.2 Å². The van der Waals surface area contributed by atoms with Crippen molar-refractivity contribution in [3.05, 3.63) is 71.0 Å². The first kappa shape index (κ1) is 23.3. The maximum Gasteiger partial charge on any atom is 0.515 e. The lowest BCUT2D eigenvalue weighted by atomic mass is 9.92. The van der Waals surface area contributed by atoms with E-state index in [9.17, 15) is 9.90 Å². The van der Waals surface area contributed by atoms with Crippen molar-refractivity contribution < 1.29 is 24.1 Å². The van der Waals surface area contributed by atoms with E-state index in [1.165, 1.54) is 18.7 Å². The molecule has 0 saturated carbocycles. The van der Waals surface area contributed by atoms with Crippen LogP contribution in [0.3, 0.4) is 0 Å². The zero-order valence-electron chi connectivity index (χ0n) is 18.7. The molecule has 2 aromatic rings. The van der Waals surface area contributed by atoms with Gasteiger partial charge in [0.2, 0.25) is 5.88 Å². The van der Waals surface area contributed by atoms with Gasteiger partial charge in [0.15, 0.2) is 11.5 Å². The highest BCUT2D eigenvalue weighted by molar-refractivity contribution is 5.63. The molecule has 0 aliphatic heterocycles. The number of aryl methyl sites for hydroxylation is 1. The van der Waals surface area contributed by atoms with Crippen molar-refractivity contribution in [2.45, 2.75) is 45.8 Å². The van der Waals surface area contributed by atoms with Gasteiger partial charge in [-0.15, -0.1) is 0 Å². The molecule has 0 spiro atoms. The molecule has 1 unspecified atom stereocenters. The lowest BCUT2D eigenvalue weighted by Gasteiger charge is -2.17. The molecule has 1 heterocycles. The number of benzene rings is 1. The standard InChI is InChI=1S/C25H30N2O5/c1-4-19-12-17(6-5-7-20(19)26)13-21-16(2)8-11-24(27-21)32-25(29)31-15-18-9-10-22(28)23(14-18)30-3/h4-6,8-11,14,17,20,28H,7,12-13,15,26H2,1-3H3/b19-4+/t17-,20?/m0/s1. The number of hydrogen-bond acceptors (Lipinski definition) is 7. The number of ether oxygens (including phenoxy) is 3. The second kappa shape index (κ2) is 10.8. The van der Waals surface area contributed by atoms with Crippen molar-refractivity contribution in [2.75, 3.05) is 7.11 Å². The van der Waals surface area contributed by atoms with E-state index in [1.807, 2.05) is 19.9 Å². The van der Waals surface area contributed by atoms with Crippen LogP contribution >= 0.6 is 0 Å². The molecular weight excluding hydrogens is 408 g/mol. The molecule has 1 aliphatic carbocycles. The van der Waals surface area contributed by atoms with Crippen LogP contribution in [-0.4, -0.2) is 29.4 Å². The quantitative estimate of drug-likeness (QED) is 0.502. The van der Waals surface area contributed by atoms with Crippen LogP contribution < -0.4 is 15.2 Å². The predicted octanol–water partition coefficient (Wildman–Crippen LogP) is 4.60. The number of nitrogens with two attached hydrogens (primary N) is 1. The van der Waals surface area contributed by atoms with Crippen molar-refractivity contribution in [3.8, 4) is 17.4 Å². The number of carbonyl (C=O) groups is 1. The number of pyridine rings is 1. The van der Waals surface area contributed by atoms with Crippen LogP contribution in [0.4, 0.5) is 4.79 Å². The van der Waals surface area contributed by atoms with Gasteiger partial charge in [-0.05, 0) is 62.3 Å². The normalized spacial score (nSPS) is 19.4. The monoisotopic (exact) mass is 438 g/mol. The number of aromatic hydroxyl groups is 1. The molecule has 0 amide bonds. The van der Waals surface area contributed by atoms with Crippen LogP contribution in [0.1, 0.15) is 36.6 Å². The van der Waals surface area contributed by atoms with Crippen LogP contribution in [0.2, 0.25) is 0 Å². The minimum Gasteiger partial charge on any atom is -0.504 e. The van der Waals surface area contributed by atoms with Gasteiger partial charge >= 0.3 is 6.16 Å². The van der Waals surface area contributed by atoms with E-state index < -0.39 is 6.16 Å².